The number of benzene rings is 5. The zero-order valence-corrected chi connectivity index (χ0v) is 15.3. The third-order valence-electron chi connectivity index (χ3n) is 7.34. The van der Waals surface area contributed by atoms with Crippen LogP contribution in [0.15, 0.2) is 78.9 Å². The van der Waals surface area contributed by atoms with E-state index in [1.165, 1.54) is 60.1 Å². The number of rotatable bonds is 0. The smallest absolute Gasteiger partial charge is 0.0450 e. The predicted molar refractivity (Wildman–Crippen MR) is 118 cm³/mol. The first-order valence-electron chi connectivity index (χ1n) is 10.1. The Morgan fingerprint density at radius 2 is 1.50 bits per heavy atom. The summed E-state index contributed by atoms with van der Waals surface area (Å²) in [6.07, 6.45) is 5.95. The molecule has 5 aromatic carbocycles. The maximum absolute atomic E-state index is 2.51. The number of allylic oxidation sites excluding steroid dienone is 1. The van der Waals surface area contributed by atoms with Crippen molar-refractivity contribution in [2.45, 2.75) is 11.8 Å². The van der Waals surface area contributed by atoms with E-state index in [2.05, 4.69) is 84.9 Å². The third-order valence-corrected chi connectivity index (χ3v) is 7.34. The Hall–Kier alpha value is -3.38. The second-order valence-corrected chi connectivity index (χ2v) is 8.63. The van der Waals surface area contributed by atoms with Gasteiger partial charge in [-0.15, -0.1) is 0 Å². The number of hydrogen-bond acceptors (Lipinski definition) is 0. The summed E-state index contributed by atoms with van der Waals surface area (Å²) in [4.78, 5) is 0. The van der Waals surface area contributed by atoms with Crippen molar-refractivity contribution in [3.05, 3.63) is 101 Å². The number of fused-ring (bicyclic) bond motifs is 2. The molecule has 0 heteroatoms. The molecule has 0 saturated heterocycles. The van der Waals surface area contributed by atoms with Gasteiger partial charge in [-0.25, -0.2) is 0 Å². The molecule has 1 atom stereocenters. The summed E-state index contributed by atoms with van der Waals surface area (Å²) in [7, 11) is 0. The molecule has 5 aromatic rings. The van der Waals surface area contributed by atoms with Crippen LogP contribution in [-0.4, -0.2) is 0 Å². The van der Waals surface area contributed by atoms with Crippen LogP contribution in [0.3, 0.4) is 0 Å². The van der Waals surface area contributed by atoms with Gasteiger partial charge in [-0.05, 0) is 78.2 Å². The lowest BCUT2D eigenvalue weighted by Crippen LogP contribution is -2.35. The van der Waals surface area contributed by atoms with Gasteiger partial charge in [-0.2, -0.15) is 0 Å². The molecular weight excluding hydrogens is 336 g/mol. The highest BCUT2D eigenvalue weighted by Crippen LogP contribution is 2.58. The van der Waals surface area contributed by atoms with Gasteiger partial charge in [0.05, 0.1) is 0 Å². The molecule has 0 aliphatic heterocycles. The van der Waals surface area contributed by atoms with Crippen molar-refractivity contribution in [2.24, 2.45) is 0 Å². The predicted octanol–water partition coefficient (Wildman–Crippen LogP) is 7.00. The summed E-state index contributed by atoms with van der Waals surface area (Å²) in [6.45, 7) is 0. The summed E-state index contributed by atoms with van der Waals surface area (Å²) in [5, 5.41) is 8.45. The quantitative estimate of drug-likeness (QED) is 0.263. The van der Waals surface area contributed by atoms with Crippen molar-refractivity contribution in [3.8, 4) is 11.1 Å². The highest BCUT2D eigenvalue weighted by atomic mass is 14.5. The lowest BCUT2D eigenvalue weighted by atomic mass is 9.58. The van der Waals surface area contributed by atoms with E-state index in [9.17, 15) is 0 Å². The topological polar surface area (TPSA) is 0 Å². The third kappa shape index (κ3) is 1.32. The minimum atomic E-state index is -0.0456. The standard InChI is InChI=1S/C28H16/c1-3-18-11-12-28-15-16-7-8-17-9-10-22(26(28)23(17)13-16)21-6-2-5-20-14-19(4-1)24(18)27(28)25(20)21/h1-14H,15H2. The van der Waals surface area contributed by atoms with Gasteiger partial charge in [0.25, 0.3) is 0 Å². The van der Waals surface area contributed by atoms with E-state index in [1.54, 1.807) is 5.56 Å². The Balaban J connectivity index is 1.76. The van der Waals surface area contributed by atoms with E-state index in [0.717, 1.165) is 6.42 Å². The van der Waals surface area contributed by atoms with Gasteiger partial charge in [-0.3, -0.25) is 0 Å². The summed E-state index contributed by atoms with van der Waals surface area (Å²) >= 11 is 0. The largest absolute Gasteiger partial charge is 0.0686 e. The van der Waals surface area contributed by atoms with Crippen molar-refractivity contribution in [1.82, 2.24) is 0 Å². The molecule has 0 radical (unpaired) electrons. The Bertz CT molecular complexity index is 1580. The lowest BCUT2D eigenvalue weighted by Gasteiger charge is -2.44. The van der Waals surface area contributed by atoms with Crippen LogP contribution in [0.5, 0.6) is 0 Å². The number of hydrogen-bond donors (Lipinski definition) is 0. The monoisotopic (exact) mass is 352 g/mol. The average Bonchev–Trinajstić information content (AvgIpc) is 2.74. The minimum Gasteiger partial charge on any atom is -0.0686 e. The molecule has 1 unspecified atom stereocenters. The minimum absolute atomic E-state index is 0.0456. The van der Waals surface area contributed by atoms with Crippen molar-refractivity contribution in [2.75, 3.05) is 0 Å². The van der Waals surface area contributed by atoms with E-state index < -0.39 is 0 Å². The van der Waals surface area contributed by atoms with Gasteiger partial charge in [0.1, 0.15) is 0 Å². The highest BCUT2D eigenvalue weighted by molar-refractivity contribution is 6.17. The summed E-state index contributed by atoms with van der Waals surface area (Å²) in [5.74, 6) is 0. The molecule has 28 heavy (non-hydrogen) atoms. The highest BCUT2D eigenvalue weighted by Gasteiger charge is 2.45. The fraction of sp³-hybridized carbons (Fsp3) is 0.0714. The summed E-state index contributed by atoms with van der Waals surface area (Å²) in [5.41, 5.74) is 8.66. The normalized spacial score (nSPS) is 20.0. The Kier molecular flexibility index (Phi) is 2.06. The second kappa shape index (κ2) is 4.20. The lowest BCUT2D eigenvalue weighted by molar-refractivity contribution is 0.646. The molecular formula is C28H16. The van der Waals surface area contributed by atoms with Gasteiger partial charge >= 0.3 is 0 Å². The van der Waals surface area contributed by atoms with Crippen LogP contribution in [0, 0.1) is 0 Å². The van der Waals surface area contributed by atoms with E-state index in [1.807, 2.05) is 0 Å². The Morgan fingerprint density at radius 1 is 0.643 bits per heavy atom. The van der Waals surface area contributed by atoms with Crippen LogP contribution >= 0.6 is 0 Å². The zero-order valence-electron chi connectivity index (χ0n) is 15.3. The molecule has 3 aliphatic rings. The Morgan fingerprint density at radius 3 is 2.46 bits per heavy atom. The van der Waals surface area contributed by atoms with E-state index in [-0.39, 0.29) is 5.41 Å². The van der Waals surface area contributed by atoms with Gasteiger partial charge in [0, 0.05) is 5.41 Å². The SMILES string of the molecule is C1=CC23Cc4ccc5ccc(c2c5c4)-c2cccc4cc5cccc1c5c3c24. The van der Waals surface area contributed by atoms with E-state index >= 15 is 0 Å². The van der Waals surface area contributed by atoms with Gasteiger partial charge in [0.2, 0.25) is 0 Å². The first-order chi connectivity index (χ1) is 13.8. The van der Waals surface area contributed by atoms with Gasteiger partial charge in [0.15, 0.2) is 0 Å². The first-order valence-corrected chi connectivity index (χ1v) is 10.1. The van der Waals surface area contributed by atoms with Crippen LogP contribution in [0.4, 0.5) is 0 Å². The van der Waals surface area contributed by atoms with Crippen LogP contribution in [0.25, 0.3) is 49.5 Å². The second-order valence-electron chi connectivity index (χ2n) is 8.63. The zero-order chi connectivity index (χ0) is 18.0. The van der Waals surface area contributed by atoms with Crippen LogP contribution in [-0.2, 0) is 11.8 Å². The van der Waals surface area contributed by atoms with Crippen molar-refractivity contribution in [1.29, 1.82) is 0 Å². The molecule has 0 amide bonds. The maximum atomic E-state index is 2.51. The average molecular weight is 352 g/mol. The van der Waals surface area contributed by atoms with Gasteiger partial charge in [-0.1, -0.05) is 78.9 Å². The van der Waals surface area contributed by atoms with Crippen LogP contribution in [0.2, 0.25) is 0 Å². The van der Waals surface area contributed by atoms with Crippen LogP contribution < -0.4 is 0 Å². The molecule has 3 aliphatic carbocycles. The van der Waals surface area contributed by atoms with E-state index in [4.69, 9.17) is 0 Å². The molecule has 128 valence electrons. The van der Waals surface area contributed by atoms with Gasteiger partial charge < -0.3 is 0 Å². The molecule has 8 rings (SSSR count). The molecule has 0 nitrogen and oxygen atoms in total. The fourth-order valence-corrected chi connectivity index (χ4v) is 6.33. The van der Waals surface area contributed by atoms with Crippen LogP contribution in [0.1, 0.15) is 22.3 Å². The fourth-order valence-electron chi connectivity index (χ4n) is 6.33. The Labute approximate surface area is 162 Å². The van der Waals surface area contributed by atoms with Crippen molar-refractivity contribution >= 4 is 38.4 Å². The molecule has 0 saturated carbocycles. The molecule has 0 aromatic heterocycles. The molecule has 0 N–H and O–H groups in total. The maximum Gasteiger partial charge on any atom is 0.0450 e. The summed E-state index contributed by atoms with van der Waals surface area (Å²) in [6, 6.07) is 27.7. The molecule has 0 heterocycles. The van der Waals surface area contributed by atoms with E-state index in [0.29, 0.717) is 0 Å². The summed E-state index contributed by atoms with van der Waals surface area (Å²) < 4.78 is 0. The molecule has 0 fully saturated rings. The molecule has 1 spiro atoms. The molecule has 2 bridgehead atoms. The van der Waals surface area contributed by atoms with Crippen molar-refractivity contribution < 1.29 is 0 Å². The van der Waals surface area contributed by atoms with Crippen molar-refractivity contribution in [3.63, 3.8) is 0 Å². The first kappa shape index (κ1) is 13.7.